The van der Waals surface area contributed by atoms with Gasteiger partial charge in [0.25, 0.3) is 0 Å². The van der Waals surface area contributed by atoms with Gasteiger partial charge in [0.1, 0.15) is 0 Å². The van der Waals surface area contributed by atoms with Gasteiger partial charge in [0, 0.05) is 32.4 Å². The van der Waals surface area contributed by atoms with Crippen molar-refractivity contribution in [1.29, 1.82) is 0 Å². The number of nitrogens with zero attached hydrogens (tertiary/aromatic N) is 2. The molecule has 0 saturated heterocycles. The van der Waals surface area contributed by atoms with E-state index in [9.17, 15) is 0 Å². The molecule has 1 N–H and O–H groups in total. The van der Waals surface area contributed by atoms with Crippen LogP contribution in [0.1, 0.15) is 17.5 Å². The largest absolute Gasteiger partial charge is 0.388 e. The first kappa shape index (κ1) is 12.4. The second-order valence-electron chi connectivity index (χ2n) is 5.10. The van der Waals surface area contributed by atoms with E-state index in [1.54, 1.807) is 0 Å². The van der Waals surface area contributed by atoms with Gasteiger partial charge in [-0.2, -0.15) is 0 Å². The number of nitrogens with one attached hydrogen (secondary N) is 1. The predicted molar refractivity (Wildman–Crippen MR) is 73.3 cm³/mol. The lowest BCUT2D eigenvalue weighted by atomic mass is 10.1. The van der Waals surface area contributed by atoms with E-state index in [0.29, 0.717) is 0 Å². The average Bonchev–Trinajstić information content (AvgIpc) is 2.69. The summed E-state index contributed by atoms with van der Waals surface area (Å²) in [7, 11) is 6.25. The molecule has 1 aromatic carbocycles. The normalized spacial score (nSPS) is 15.3. The Labute approximate surface area is 104 Å². The van der Waals surface area contributed by atoms with Crippen LogP contribution in [0.5, 0.6) is 0 Å². The van der Waals surface area contributed by atoms with Crippen LogP contribution in [0.2, 0.25) is 0 Å². The van der Waals surface area contributed by atoms with Crippen LogP contribution >= 0.6 is 0 Å². The van der Waals surface area contributed by atoms with Crippen molar-refractivity contribution < 1.29 is 0 Å². The number of benzene rings is 1. The van der Waals surface area contributed by atoms with E-state index in [1.165, 1.54) is 36.3 Å². The van der Waals surface area contributed by atoms with E-state index in [0.717, 1.165) is 13.1 Å². The van der Waals surface area contributed by atoms with Crippen LogP contribution in [0.15, 0.2) is 18.2 Å². The van der Waals surface area contributed by atoms with Gasteiger partial charge < -0.3 is 10.2 Å². The first-order chi connectivity index (χ1) is 8.19. The quantitative estimate of drug-likeness (QED) is 0.839. The zero-order valence-electron chi connectivity index (χ0n) is 11.2. The van der Waals surface area contributed by atoms with Crippen LogP contribution in [-0.2, 0) is 13.1 Å². The summed E-state index contributed by atoms with van der Waals surface area (Å²) in [5, 5.41) is 3.20. The Hall–Kier alpha value is -1.06. The van der Waals surface area contributed by atoms with Gasteiger partial charge >= 0.3 is 0 Å². The predicted octanol–water partition coefficient (Wildman–Crippen LogP) is 2.00. The topological polar surface area (TPSA) is 18.5 Å². The molecule has 0 fully saturated rings. The summed E-state index contributed by atoms with van der Waals surface area (Å²) < 4.78 is 0. The van der Waals surface area contributed by atoms with Crippen LogP contribution in [0.4, 0.5) is 5.69 Å². The summed E-state index contributed by atoms with van der Waals surface area (Å²) in [6.45, 7) is 4.60. The summed E-state index contributed by atoms with van der Waals surface area (Å²) in [5.41, 5.74) is 4.20. The SMILES string of the molecule is CNc1ccc2c(c1)CN(CCCN(C)C)C2. The summed E-state index contributed by atoms with van der Waals surface area (Å²) in [4.78, 5) is 4.79. The average molecular weight is 233 g/mol. The van der Waals surface area contributed by atoms with Crippen molar-refractivity contribution in [3.8, 4) is 0 Å². The molecule has 2 rings (SSSR count). The lowest BCUT2D eigenvalue weighted by Gasteiger charge is -2.16. The number of hydrogen-bond donors (Lipinski definition) is 1. The van der Waals surface area contributed by atoms with Gasteiger partial charge in [0.15, 0.2) is 0 Å². The Bertz CT molecular complexity index is 374. The molecule has 3 heteroatoms. The molecular weight excluding hydrogens is 210 g/mol. The molecule has 1 aromatic rings. The number of hydrogen-bond acceptors (Lipinski definition) is 3. The minimum atomic E-state index is 1.11. The highest BCUT2D eigenvalue weighted by molar-refractivity contribution is 5.49. The smallest absolute Gasteiger partial charge is 0.0341 e. The minimum absolute atomic E-state index is 1.11. The summed E-state index contributed by atoms with van der Waals surface area (Å²) in [6.07, 6.45) is 1.25. The fraction of sp³-hybridized carbons (Fsp3) is 0.571. The van der Waals surface area contributed by atoms with E-state index in [-0.39, 0.29) is 0 Å². The van der Waals surface area contributed by atoms with Crippen LogP contribution < -0.4 is 5.32 Å². The summed E-state index contributed by atoms with van der Waals surface area (Å²) in [6, 6.07) is 6.70. The highest BCUT2D eigenvalue weighted by atomic mass is 15.1. The van der Waals surface area contributed by atoms with E-state index in [2.05, 4.69) is 47.4 Å². The highest BCUT2D eigenvalue weighted by Gasteiger charge is 2.18. The van der Waals surface area contributed by atoms with Gasteiger partial charge in [-0.05, 0) is 50.3 Å². The first-order valence-electron chi connectivity index (χ1n) is 6.35. The van der Waals surface area contributed by atoms with E-state index >= 15 is 0 Å². The molecule has 94 valence electrons. The fourth-order valence-electron chi connectivity index (χ4n) is 2.39. The molecule has 0 aromatic heterocycles. The maximum atomic E-state index is 3.20. The Balaban J connectivity index is 1.88. The molecule has 0 amide bonds. The molecule has 0 aliphatic carbocycles. The molecule has 0 unspecified atom stereocenters. The third-order valence-corrected chi connectivity index (χ3v) is 3.36. The lowest BCUT2D eigenvalue weighted by Crippen LogP contribution is -2.22. The monoisotopic (exact) mass is 233 g/mol. The maximum absolute atomic E-state index is 3.20. The Morgan fingerprint density at radius 2 is 2.00 bits per heavy atom. The molecule has 3 nitrogen and oxygen atoms in total. The molecule has 1 aliphatic heterocycles. The van der Waals surface area contributed by atoms with Gasteiger partial charge in [-0.25, -0.2) is 0 Å². The van der Waals surface area contributed by atoms with Gasteiger partial charge in [-0.15, -0.1) is 0 Å². The molecule has 0 atom stereocenters. The molecular formula is C14H23N3. The van der Waals surface area contributed by atoms with Gasteiger partial charge in [-0.3, -0.25) is 4.90 Å². The summed E-state index contributed by atoms with van der Waals surface area (Å²) >= 11 is 0. The van der Waals surface area contributed by atoms with Crippen LogP contribution in [0, 0.1) is 0 Å². The first-order valence-corrected chi connectivity index (χ1v) is 6.35. The van der Waals surface area contributed by atoms with Crippen molar-refractivity contribution in [3.63, 3.8) is 0 Å². The molecule has 0 spiro atoms. The van der Waals surface area contributed by atoms with Crippen molar-refractivity contribution in [1.82, 2.24) is 9.80 Å². The molecule has 0 saturated carbocycles. The number of fused-ring (bicyclic) bond motifs is 1. The van der Waals surface area contributed by atoms with Crippen molar-refractivity contribution >= 4 is 5.69 Å². The zero-order chi connectivity index (χ0) is 12.3. The molecule has 0 radical (unpaired) electrons. The van der Waals surface area contributed by atoms with E-state index in [4.69, 9.17) is 0 Å². The van der Waals surface area contributed by atoms with Gasteiger partial charge in [0.05, 0.1) is 0 Å². The lowest BCUT2D eigenvalue weighted by molar-refractivity contribution is 0.262. The van der Waals surface area contributed by atoms with Gasteiger partial charge in [-0.1, -0.05) is 6.07 Å². The number of rotatable bonds is 5. The third kappa shape index (κ3) is 3.20. The standard InChI is InChI=1S/C14H23N3/c1-15-14-6-5-12-10-17(11-13(12)9-14)8-4-7-16(2)3/h5-6,9,15H,4,7-8,10-11H2,1-3H3. The maximum Gasteiger partial charge on any atom is 0.0341 e. The molecule has 1 aliphatic rings. The van der Waals surface area contributed by atoms with E-state index in [1.807, 2.05) is 7.05 Å². The Morgan fingerprint density at radius 3 is 2.71 bits per heavy atom. The Morgan fingerprint density at radius 1 is 1.24 bits per heavy atom. The molecule has 1 heterocycles. The zero-order valence-corrected chi connectivity index (χ0v) is 11.2. The summed E-state index contributed by atoms with van der Waals surface area (Å²) in [5.74, 6) is 0. The van der Waals surface area contributed by atoms with Crippen molar-refractivity contribution in [2.24, 2.45) is 0 Å². The molecule has 0 bridgehead atoms. The van der Waals surface area contributed by atoms with Crippen molar-refractivity contribution in [2.75, 3.05) is 39.5 Å². The second-order valence-corrected chi connectivity index (χ2v) is 5.10. The number of anilines is 1. The minimum Gasteiger partial charge on any atom is -0.388 e. The molecule has 17 heavy (non-hydrogen) atoms. The van der Waals surface area contributed by atoms with Crippen LogP contribution in [0.25, 0.3) is 0 Å². The third-order valence-electron chi connectivity index (χ3n) is 3.36. The van der Waals surface area contributed by atoms with Crippen molar-refractivity contribution in [2.45, 2.75) is 19.5 Å². The Kier molecular flexibility index (Phi) is 4.02. The van der Waals surface area contributed by atoms with Crippen LogP contribution in [0.3, 0.4) is 0 Å². The second kappa shape index (κ2) is 5.52. The van der Waals surface area contributed by atoms with E-state index < -0.39 is 0 Å². The highest BCUT2D eigenvalue weighted by Crippen LogP contribution is 2.25. The fourth-order valence-corrected chi connectivity index (χ4v) is 2.39. The van der Waals surface area contributed by atoms with Gasteiger partial charge in [0.2, 0.25) is 0 Å². The van der Waals surface area contributed by atoms with Crippen molar-refractivity contribution in [3.05, 3.63) is 29.3 Å². The van der Waals surface area contributed by atoms with Crippen LogP contribution in [-0.4, -0.2) is 44.0 Å².